The molecule has 0 bridgehead atoms. The van der Waals surface area contributed by atoms with Gasteiger partial charge in [-0.05, 0) is 17.9 Å². The molecule has 0 radical (unpaired) electrons. The minimum atomic E-state index is -0.204. The van der Waals surface area contributed by atoms with Crippen LogP contribution in [0, 0.1) is 12.3 Å². The molecule has 1 atom stereocenters. The monoisotopic (exact) mass is 230 g/mol. The van der Waals surface area contributed by atoms with E-state index >= 15 is 0 Å². The van der Waals surface area contributed by atoms with E-state index in [1.165, 1.54) is 11.1 Å². The average Bonchev–Trinajstić information content (AvgIpc) is 2.29. The zero-order valence-corrected chi connectivity index (χ0v) is 11.3. The van der Waals surface area contributed by atoms with Gasteiger partial charge in [-0.15, -0.1) is 6.58 Å². The van der Waals surface area contributed by atoms with Crippen molar-refractivity contribution in [2.24, 2.45) is 5.41 Å². The van der Waals surface area contributed by atoms with Crippen molar-refractivity contribution in [1.29, 1.82) is 0 Å². The van der Waals surface area contributed by atoms with Gasteiger partial charge in [0, 0.05) is 11.8 Å². The first-order valence-electron chi connectivity index (χ1n) is 6.02. The Hall–Kier alpha value is -1.37. The minimum Gasteiger partial charge on any atom is -0.303 e. The topological polar surface area (TPSA) is 17.1 Å². The Bertz CT molecular complexity index is 400. The molecule has 1 rings (SSSR count). The van der Waals surface area contributed by atoms with Crippen molar-refractivity contribution < 1.29 is 4.79 Å². The van der Waals surface area contributed by atoms with Gasteiger partial charge in [0.15, 0.2) is 0 Å². The lowest BCUT2D eigenvalue weighted by molar-refractivity contribution is -0.109. The summed E-state index contributed by atoms with van der Waals surface area (Å²) in [6.45, 7) is 12.4. The van der Waals surface area contributed by atoms with E-state index in [2.05, 4.69) is 58.5 Å². The Morgan fingerprint density at radius 1 is 1.18 bits per heavy atom. The third-order valence-corrected chi connectivity index (χ3v) is 4.11. The second kappa shape index (κ2) is 4.87. The second-order valence-corrected chi connectivity index (χ2v) is 5.49. The molecule has 0 fully saturated rings. The highest BCUT2D eigenvalue weighted by molar-refractivity contribution is 5.54. The van der Waals surface area contributed by atoms with Crippen LogP contribution < -0.4 is 0 Å². The first kappa shape index (κ1) is 13.7. The van der Waals surface area contributed by atoms with Gasteiger partial charge in [0.2, 0.25) is 0 Å². The number of hydrogen-bond acceptors (Lipinski definition) is 1. The third kappa shape index (κ3) is 2.49. The zero-order valence-electron chi connectivity index (χ0n) is 11.3. The van der Waals surface area contributed by atoms with Crippen molar-refractivity contribution in [2.75, 3.05) is 0 Å². The molecule has 1 aromatic carbocycles. The van der Waals surface area contributed by atoms with Crippen LogP contribution in [0.4, 0.5) is 0 Å². The Balaban J connectivity index is 3.29. The summed E-state index contributed by atoms with van der Waals surface area (Å²) in [5.74, 6) is 0. The molecule has 92 valence electrons. The predicted molar refractivity (Wildman–Crippen MR) is 73.2 cm³/mol. The molecule has 0 aliphatic rings. The number of carbonyl (C=O) groups excluding carboxylic acids is 1. The zero-order chi connectivity index (χ0) is 13.1. The lowest BCUT2D eigenvalue weighted by atomic mass is 9.61. The van der Waals surface area contributed by atoms with Crippen LogP contribution in [0.3, 0.4) is 0 Å². The van der Waals surface area contributed by atoms with Gasteiger partial charge < -0.3 is 4.79 Å². The summed E-state index contributed by atoms with van der Waals surface area (Å²) in [6.07, 6.45) is 3.45. The predicted octanol–water partition coefficient (Wildman–Crippen LogP) is 4.05. The normalized spacial score (nSPS) is 15.1. The van der Waals surface area contributed by atoms with E-state index in [1.807, 2.05) is 6.08 Å². The molecule has 17 heavy (non-hydrogen) atoms. The highest BCUT2D eigenvalue weighted by Gasteiger charge is 2.39. The summed E-state index contributed by atoms with van der Waals surface area (Å²) < 4.78 is 0. The van der Waals surface area contributed by atoms with E-state index in [0.717, 1.165) is 6.29 Å². The average molecular weight is 230 g/mol. The van der Waals surface area contributed by atoms with Gasteiger partial charge in [-0.3, -0.25) is 0 Å². The molecule has 0 aliphatic heterocycles. The van der Waals surface area contributed by atoms with Gasteiger partial charge in [-0.1, -0.05) is 56.7 Å². The Labute approximate surface area is 105 Å². The van der Waals surface area contributed by atoms with Gasteiger partial charge in [-0.2, -0.15) is 0 Å². The van der Waals surface area contributed by atoms with Gasteiger partial charge >= 0.3 is 0 Å². The van der Waals surface area contributed by atoms with Crippen LogP contribution in [0.5, 0.6) is 0 Å². The minimum absolute atomic E-state index is 0.122. The highest BCUT2D eigenvalue weighted by atomic mass is 16.1. The SMILES string of the molecule is C=CC(C)(C)C(C)(CC=O)c1ccc(C)cc1. The first-order chi connectivity index (χ1) is 7.87. The van der Waals surface area contributed by atoms with E-state index in [-0.39, 0.29) is 10.8 Å². The van der Waals surface area contributed by atoms with Crippen LogP contribution in [-0.4, -0.2) is 6.29 Å². The summed E-state index contributed by atoms with van der Waals surface area (Å²) in [5.41, 5.74) is 2.10. The Morgan fingerprint density at radius 3 is 2.12 bits per heavy atom. The number of aldehydes is 1. The van der Waals surface area contributed by atoms with Crippen LogP contribution in [0.1, 0.15) is 38.3 Å². The second-order valence-electron chi connectivity index (χ2n) is 5.49. The van der Waals surface area contributed by atoms with Crippen LogP contribution >= 0.6 is 0 Å². The van der Waals surface area contributed by atoms with Crippen LogP contribution in [0.2, 0.25) is 0 Å². The molecule has 0 N–H and O–H groups in total. The van der Waals surface area contributed by atoms with Crippen molar-refractivity contribution in [1.82, 2.24) is 0 Å². The lowest BCUT2D eigenvalue weighted by Crippen LogP contribution is -2.38. The molecule has 0 heterocycles. The van der Waals surface area contributed by atoms with E-state index in [0.29, 0.717) is 6.42 Å². The quantitative estimate of drug-likeness (QED) is 0.551. The fourth-order valence-electron chi connectivity index (χ4n) is 2.07. The van der Waals surface area contributed by atoms with Crippen molar-refractivity contribution in [3.8, 4) is 0 Å². The number of allylic oxidation sites excluding steroid dienone is 1. The van der Waals surface area contributed by atoms with Gasteiger partial charge in [0.1, 0.15) is 6.29 Å². The molecule has 1 unspecified atom stereocenters. The Morgan fingerprint density at radius 2 is 1.71 bits per heavy atom. The van der Waals surface area contributed by atoms with Crippen LogP contribution in [-0.2, 0) is 10.2 Å². The molecule has 1 aromatic rings. The number of carbonyl (C=O) groups is 1. The molecular weight excluding hydrogens is 208 g/mol. The molecular formula is C16H22O. The smallest absolute Gasteiger partial charge is 0.120 e. The maximum absolute atomic E-state index is 11.0. The van der Waals surface area contributed by atoms with Crippen molar-refractivity contribution in [3.63, 3.8) is 0 Å². The van der Waals surface area contributed by atoms with Crippen LogP contribution in [0.25, 0.3) is 0 Å². The number of aryl methyl sites for hydroxylation is 1. The van der Waals surface area contributed by atoms with Crippen molar-refractivity contribution in [3.05, 3.63) is 48.0 Å². The van der Waals surface area contributed by atoms with Crippen molar-refractivity contribution in [2.45, 2.75) is 39.5 Å². The van der Waals surface area contributed by atoms with E-state index in [4.69, 9.17) is 0 Å². The summed E-state index contributed by atoms with van der Waals surface area (Å²) >= 11 is 0. The summed E-state index contributed by atoms with van der Waals surface area (Å²) in [5, 5.41) is 0. The molecule has 0 saturated heterocycles. The summed E-state index contributed by atoms with van der Waals surface area (Å²) in [7, 11) is 0. The number of hydrogen-bond donors (Lipinski definition) is 0. The van der Waals surface area contributed by atoms with E-state index in [9.17, 15) is 4.79 Å². The van der Waals surface area contributed by atoms with Crippen molar-refractivity contribution >= 4 is 6.29 Å². The number of rotatable bonds is 5. The summed E-state index contributed by atoms with van der Waals surface area (Å²) in [4.78, 5) is 11.0. The third-order valence-electron chi connectivity index (χ3n) is 4.11. The standard InChI is InChI=1S/C16H22O/c1-6-15(3,4)16(5,11-12-17)14-9-7-13(2)8-10-14/h6-10,12H,1,11H2,2-5H3. The fraction of sp³-hybridized carbons (Fsp3) is 0.438. The van der Waals surface area contributed by atoms with Gasteiger partial charge in [-0.25, -0.2) is 0 Å². The fourth-order valence-corrected chi connectivity index (χ4v) is 2.07. The molecule has 1 heteroatoms. The largest absolute Gasteiger partial charge is 0.303 e. The van der Waals surface area contributed by atoms with E-state index < -0.39 is 0 Å². The van der Waals surface area contributed by atoms with Gasteiger partial charge in [0.25, 0.3) is 0 Å². The Kier molecular flexibility index (Phi) is 3.92. The highest BCUT2D eigenvalue weighted by Crippen LogP contribution is 2.44. The molecule has 0 spiro atoms. The number of benzene rings is 1. The van der Waals surface area contributed by atoms with E-state index in [1.54, 1.807) is 0 Å². The molecule has 0 saturated carbocycles. The lowest BCUT2D eigenvalue weighted by Gasteiger charge is -2.42. The van der Waals surface area contributed by atoms with Gasteiger partial charge in [0.05, 0.1) is 0 Å². The molecule has 0 aromatic heterocycles. The van der Waals surface area contributed by atoms with Crippen LogP contribution in [0.15, 0.2) is 36.9 Å². The first-order valence-corrected chi connectivity index (χ1v) is 6.02. The summed E-state index contributed by atoms with van der Waals surface area (Å²) in [6, 6.07) is 8.42. The maximum atomic E-state index is 11.0. The molecule has 1 nitrogen and oxygen atoms in total. The maximum Gasteiger partial charge on any atom is 0.120 e. The molecule has 0 aliphatic carbocycles. The molecule has 0 amide bonds.